The molecule has 5 nitrogen and oxygen atoms in total. The van der Waals surface area contributed by atoms with E-state index in [2.05, 4.69) is 0 Å². The number of rotatable bonds is 4. The van der Waals surface area contributed by atoms with E-state index in [-0.39, 0.29) is 12.6 Å². The van der Waals surface area contributed by atoms with Crippen LogP contribution in [0, 0.1) is 5.92 Å². The van der Waals surface area contributed by atoms with Gasteiger partial charge in [-0.25, -0.2) is 0 Å². The van der Waals surface area contributed by atoms with Gasteiger partial charge in [-0.2, -0.15) is 13.2 Å². The van der Waals surface area contributed by atoms with E-state index < -0.39 is 36.2 Å². The Morgan fingerprint density at radius 2 is 1.77 bits per heavy atom. The van der Waals surface area contributed by atoms with E-state index in [0.29, 0.717) is 17.2 Å². The number of likely N-dealkylation sites (tertiary alicyclic amines) is 1. The lowest BCUT2D eigenvalue weighted by Gasteiger charge is -2.34. The van der Waals surface area contributed by atoms with Crippen molar-refractivity contribution in [2.75, 3.05) is 20.1 Å². The second kappa shape index (κ2) is 7.74. The van der Waals surface area contributed by atoms with Crippen LogP contribution in [0.2, 0.25) is 0 Å². The Labute approximate surface area is 152 Å². The number of fused-ring (bicyclic) bond motifs is 1. The van der Waals surface area contributed by atoms with E-state index in [1.54, 1.807) is 25.7 Å². The largest absolute Gasteiger partial charge is 0.459 e. The lowest BCUT2D eigenvalue weighted by molar-refractivity contribution is -0.164. The van der Waals surface area contributed by atoms with Crippen molar-refractivity contribution in [3.8, 4) is 0 Å². The van der Waals surface area contributed by atoms with Crippen LogP contribution >= 0.6 is 0 Å². The highest BCUT2D eigenvalue weighted by molar-refractivity contribution is 5.81. The van der Waals surface area contributed by atoms with Gasteiger partial charge in [0.05, 0.1) is 6.54 Å². The normalized spacial score (nSPS) is 27.1. The third-order valence-corrected chi connectivity index (χ3v) is 5.06. The summed E-state index contributed by atoms with van der Waals surface area (Å²) in [7, 11) is 1.15. The minimum Gasteiger partial charge on any atom is -0.459 e. The average Bonchev–Trinajstić information content (AvgIpc) is 2.83. The molecule has 2 fully saturated rings. The first-order valence-corrected chi connectivity index (χ1v) is 9.17. The molecule has 0 aromatic carbocycles. The van der Waals surface area contributed by atoms with Crippen LogP contribution < -0.4 is 0 Å². The number of carbonyl (C=O) groups is 2. The first kappa shape index (κ1) is 21.0. The molecule has 1 aliphatic heterocycles. The topological polar surface area (TPSA) is 49.9 Å². The monoisotopic (exact) mass is 378 g/mol. The number of likely N-dealkylation sites (N-methyl/N-ethyl adjacent to an activating group) is 1. The molecule has 1 amide bonds. The molecule has 0 radical (unpaired) electrons. The van der Waals surface area contributed by atoms with Crippen molar-refractivity contribution in [3.05, 3.63) is 0 Å². The van der Waals surface area contributed by atoms with Gasteiger partial charge in [-0.3, -0.25) is 14.5 Å². The average molecular weight is 378 g/mol. The van der Waals surface area contributed by atoms with Crippen molar-refractivity contribution in [1.29, 1.82) is 0 Å². The molecule has 1 saturated heterocycles. The van der Waals surface area contributed by atoms with Crippen molar-refractivity contribution in [2.45, 2.75) is 76.7 Å². The molecule has 0 spiro atoms. The second-order valence-corrected chi connectivity index (χ2v) is 8.43. The maximum absolute atomic E-state index is 12.6. The number of halogens is 3. The summed E-state index contributed by atoms with van der Waals surface area (Å²) < 4.78 is 43.2. The molecule has 1 aliphatic carbocycles. The first-order valence-electron chi connectivity index (χ1n) is 9.17. The van der Waals surface area contributed by atoms with Crippen molar-refractivity contribution < 1.29 is 27.5 Å². The number of carbonyl (C=O) groups excluding carboxylic acids is 2. The maximum atomic E-state index is 12.6. The molecule has 3 atom stereocenters. The van der Waals surface area contributed by atoms with Crippen molar-refractivity contribution >= 4 is 11.9 Å². The van der Waals surface area contributed by atoms with Gasteiger partial charge in [0.25, 0.3) is 0 Å². The SMILES string of the molecule is CN(CC(F)(F)F)C(=O)CN1[C@@H]2CCCC[C@@H]2C[C@H]1C(=O)OC(C)(C)C. The van der Waals surface area contributed by atoms with Crippen LogP contribution in [0.3, 0.4) is 0 Å². The van der Waals surface area contributed by atoms with Crippen LogP contribution in [0.25, 0.3) is 0 Å². The summed E-state index contributed by atoms with van der Waals surface area (Å²) >= 11 is 0. The minimum absolute atomic E-state index is 0.0597. The van der Waals surface area contributed by atoms with Gasteiger partial charge in [0.15, 0.2) is 0 Å². The molecule has 2 aliphatic rings. The maximum Gasteiger partial charge on any atom is 0.406 e. The summed E-state index contributed by atoms with van der Waals surface area (Å²) in [6.45, 7) is 3.86. The summed E-state index contributed by atoms with van der Waals surface area (Å²) in [6.07, 6.45) is 0.0970. The number of nitrogens with zero attached hydrogens (tertiary/aromatic N) is 2. The van der Waals surface area contributed by atoms with Gasteiger partial charge in [0, 0.05) is 13.1 Å². The summed E-state index contributed by atoms with van der Waals surface area (Å²) in [5, 5.41) is 0. The van der Waals surface area contributed by atoms with Crippen LogP contribution in [0.4, 0.5) is 13.2 Å². The van der Waals surface area contributed by atoms with Crippen LogP contribution in [-0.4, -0.2) is 65.7 Å². The van der Waals surface area contributed by atoms with E-state index in [1.807, 2.05) is 0 Å². The molecule has 1 heterocycles. The van der Waals surface area contributed by atoms with Gasteiger partial charge in [0.2, 0.25) is 5.91 Å². The van der Waals surface area contributed by atoms with Crippen LogP contribution in [-0.2, 0) is 14.3 Å². The molecule has 0 bridgehead atoms. The van der Waals surface area contributed by atoms with E-state index in [0.717, 1.165) is 32.7 Å². The summed E-state index contributed by atoms with van der Waals surface area (Å²) in [5.41, 5.74) is -0.645. The Hall–Kier alpha value is -1.31. The molecule has 0 aromatic rings. The summed E-state index contributed by atoms with van der Waals surface area (Å²) in [5.74, 6) is -0.720. The number of hydrogen-bond donors (Lipinski definition) is 0. The summed E-state index contributed by atoms with van der Waals surface area (Å²) in [4.78, 5) is 27.4. The van der Waals surface area contributed by atoms with Gasteiger partial charge in [-0.05, 0) is 46.0 Å². The number of esters is 1. The lowest BCUT2D eigenvalue weighted by Crippen LogP contribution is -2.50. The number of alkyl halides is 3. The molecule has 150 valence electrons. The molecule has 2 rings (SSSR count). The predicted molar refractivity (Wildman–Crippen MR) is 90.4 cm³/mol. The molecule has 0 N–H and O–H groups in total. The lowest BCUT2D eigenvalue weighted by atomic mass is 9.85. The first-order chi connectivity index (χ1) is 11.9. The Morgan fingerprint density at radius 1 is 1.15 bits per heavy atom. The molecular formula is C18H29F3N2O3. The highest BCUT2D eigenvalue weighted by Crippen LogP contribution is 2.40. The zero-order chi connectivity index (χ0) is 19.7. The van der Waals surface area contributed by atoms with Gasteiger partial charge in [-0.15, -0.1) is 0 Å². The fraction of sp³-hybridized carbons (Fsp3) is 0.889. The third kappa shape index (κ3) is 5.59. The molecular weight excluding hydrogens is 349 g/mol. The van der Waals surface area contributed by atoms with Gasteiger partial charge in [-0.1, -0.05) is 12.8 Å². The van der Waals surface area contributed by atoms with E-state index in [1.165, 1.54) is 0 Å². The Morgan fingerprint density at radius 3 is 2.35 bits per heavy atom. The van der Waals surface area contributed by atoms with Gasteiger partial charge >= 0.3 is 12.1 Å². The van der Waals surface area contributed by atoms with Gasteiger partial charge in [0.1, 0.15) is 18.2 Å². The van der Waals surface area contributed by atoms with Crippen molar-refractivity contribution in [2.24, 2.45) is 5.92 Å². The fourth-order valence-electron chi connectivity index (χ4n) is 4.02. The smallest absolute Gasteiger partial charge is 0.406 e. The zero-order valence-electron chi connectivity index (χ0n) is 15.9. The summed E-state index contributed by atoms with van der Waals surface area (Å²) in [6, 6.07) is -0.505. The van der Waals surface area contributed by atoms with Crippen molar-refractivity contribution in [3.63, 3.8) is 0 Å². The number of amides is 1. The highest BCUT2D eigenvalue weighted by atomic mass is 19.4. The third-order valence-electron chi connectivity index (χ3n) is 5.06. The second-order valence-electron chi connectivity index (χ2n) is 8.43. The van der Waals surface area contributed by atoms with E-state index in [9.17, 15) is 22.8 Å². The fourth-order valence-corrected chi connectivity index (χ4v) is 4.02. The van der Waals surface area contributed by atoms with Crippen molar-refractivity contribution in [1.82, 2.24) is 9.80 Å². The van der Waals surface area contributed by atoms with Crippen LogP contribution in [0.5, 0.6) is 0 Å². The van der Waals surface area contributed by atoms with E-state index in [4.69, 9.17) is 4.74 Å². The number of ether oxygens (including phenoxy) is 1. The Bertz CT molecular complexity index is 531. The Balaban J connectivity index is 2.11. The standard InChI is InChI=1S/C18H29F3N2O3/c1-17(2,3)26-16(25)14-9-12-7-5-6-8-13(12)23(14)10-15(24)22(4)11-18(19,20)21/h12-14H,5-11H2,1-4H3/t12-,13-,14+/m1/s1. The van der Waals surface area contributed by atoms with Crippen LogP contribution in [0.15, 0.2) is 0 Å². The molecule has 0 aromatic heterocycles. The zero-order valence-corrected chi connectivity index (χ0v) is 15.9. The molecule has 26 heavy (non-hydrogen) atoms. The Kier molecular flexibility index (Phi) is 6.25. The van der Waals surface area contributed by atoms with E-state index >= 15 is 0 Å². The molecule has 8 heteroatoms. The highest BCUT2D eigenvalue weighted by Gasteiger charge is 2.47. The minimum atomic E-state index is -4.44. The van der Waals surface area contributed by atoms with Gasteiger partial charge < -0.3 is 9.64 Å². The molecule has 1 saturated carbocycles. The van der Waals surface area contributed by atoms with Crippen LogP contribution in [0.1, 0.15) is 52.9 Å². The predicted octanol–water partition coefficient (Wildman–Crippen LogP) is 2.98. The number of hydrogen-bond acceptors (Lipinski definition) is 4. The molecule has 0 unspecified atom stereocenters. The quantitative estimate of drug-likeness (QED) is 0.706.